The van der Waals surface area contributed by atoms with Crippen LogP contribution < -0.4 is 10.9 Å². The maximum Gasteiger partial charge on any atom is 0.272 e. The second-order valence-electron chi connectivity index (χ2n) is 6.11. The van der Waals surface area contributed by atoms with Crippen molar-refractivity contribution in [2.24, 2.45) is 7.05 Å². The first kappa shape index (κ1) is 16.9. The van der Waals surface area contributed by atoms with Gasteiger partial charge in [0.25, 0.3) is 17.4 Å². The maximum atomic E-state index is 12.5. The Labute approximate surface area is 145 Å². The molecule has 25 heavy (non-hydrogen) atoms. The van der Waals surface area contributed by atoms with Gasteiger partial charge in [-0.15, -0.1) is 0 Å². The van der Waals surface area contributed by atoms with Gasteiger partial charge >= 0.3 is 0 Å². The van der Waals surface area contributed by atoms with Gasteiger partial charge in [0, 0.05) is 37.8 Å². The first-order valence-corrected chi connectivity index (χ1v) is 8.24. The SMILES string of the molecule is Cn1nc(C(=O)NC2CCCN(C(=O)c3ccccc3)C2)ccc1=O. The van der Waals surface area contributed by atoms with E-state index in [-0.39, 0.29) is 29.1 Å². The molecule has 1 fully saturated rings. The second kappa shape index (κ2) is 7.29. The van der Waals surface area contributed by atoms with Crippen LogP contribution in [0.2, 0.25) is 0 Å². The lowest BCUT2D eigenvalue weighted by Gasteiger charge is -2.33. The summed E-state index contributed by atoms with van der Waals surface area (Å²) in [6, 6.07) is 11.7. The largest absolute Gasteiger partial charge is 0.346 e. The molecule has 2 heterocycles. The van der Waals surface area contributed by atoms with E-state index in [0.717, 1.165) is 17.5 Å². The van der Waals surface area contributed by atoms with E-state index >= 15 is 0 Å². The van der Waals surface area contributed by atoms with Gasteiger partial charge in [-0.25, -0.2) is 4.68 Å². The van der Waals surface area contributed by atoms with Gasteiger partial charge < -0.3 is 10.2 Å². The van der Waals surface area contributed by atoms with Crippen LogP contribution in [-0.2, 0) is 7.05 Å². The Balaban J connectivity index is 1.65. The third-order valence-electron chi connectivity index (χ3n) is 4.26. The highest BCUT2D eigenvalue weighted by Gasteiger charge is 2.26. The number of carbonyl (C=O) groups excluding carboxylic acids is 2. The number of hydrogen-bond donors (Lipinski definition) is 1. The molecule has 1 aromatic heterocycles. The highest BCUT2D eigenvalue weighted by molar-refractivity contribution is 5.94. The Morgan fingerprint density at radius 2 is 1.92 bits per heavy atom. The van der Waals surface area contributed by atoms with Gasteiger partial charge in [-0.05, 0) is 31.0 Å². The summed E-state index contributed by atoms with van der Waals surface area (Å²) >= 11 is 0. The molecule has 2 amide bonds. The molecule has 0 spiro atoms. The summed E-state index contributed by atoms with van der Waals surface area (Å²) in [7, 11) is 1.50. The number of hydrogen-bond acceptors (Lipinski definition) is 4. The zero-order valence-corrected chi connectivity index (χ0v) is 14.0. The molecule has 1 saturated heterocycles. The molecule has 1 aliphatic heterocycles. The van der Waals surface area contributed by atoms with E-state index in [1.807, 2.05) is 18.2 Å². The smallest absolute Gasteiger partial charge is 0.272 e. The van der Waals surface area contributed by atoms with Crippen molar-refractivity contribution in [3.63, 3.8) is 0 Å². The van der Waals surface area contributed by atoms with Crippen molar-refractivity contribution in [3.8, 4) is 0 Å². The zero-order chi connectivity index (χ0) is 17.8. The lowest BCUT2D eigenvalue weighted by atomic mass is 10.0. The van der Waals surface area contributed by atoms with Gasteiger partial charge in [0.15, 0.2) is 0 Å². The Morgan fingerprint density at radius 1 is 1.16 bits per heavy atom. The Hall–Kier alpha value is -2.96. The van der Waals surface area contributed by atoms with Crippen LogP contribution in [0, 0.1) is 0 Å². The number of aryl methyl sites for hydroxylation is 1. The summed E-state index contributed by atoms with van der Waals surface area (Å²) in [6.07, 6.45) is 1.63. The summed E-state index contributed by atoms with van der Waals surface area (Å²) in [5.74, 6) is -0.366. The van der Waals surface area contributed by atoms with Gasteiger partial charge in [0.1, 0.15) is 5.69 Å². The molecule has 130 valence electrons. The average molecular weight is 340 g/mol. The Morgan fingerprint density at radius 3 is 2.64 bits per heavy atom. The molecule has 0 radical (unpaired) electrons. The van der Waals surface area contributed by atoms with Crippen molar-refractivity contribution in [2.75, 3.05) is 13.1 Å². The van der Waals surface area contributed by atoms with Crippen molar-refractivity contribution >= 4 is 11.8 Å². The predicted molar refractivity (Wildman–Crippen MR) is 92.3 cm³/mol. The second-order valence-corrected chi connectivity index (χ2v) is 6.11. The third-order valence-corrected chi connectivity index (χ3v) is 4.26. The van der Waals surface area contributed by atoms with Gasteiger partial charge in [-0.3, -0.25) is 14.4 Å². The number of likely N-dealkylation sites (tertiary alicyclic amines) is 1. The Bertz CT molecular complexity index is 832. The van der Waals surface area contributed by atoms with Crippen molar-refractivity contribution < 1.29 is 9.59 Å². The summed E-state index contributed by atoms with van der Waals surface area (Å²) in [5, 5.41) is 6.86. The monoisotopic (exact) mass is 340 g/mol. The van der Waals surface area contributed by atoms with Crippen LogP contribution in [0.5, 0.6) is 0 Å². The zero-order valence-electron chi connectivity index (χ0n) is 14.0. The normalized spacial score (nSPS) is 17.2. The van der Waals surface area contributed by atoms with Gasteiger partial charge in [-0.1, -0.05) is 18.2 Å². The summed E-state index contributed by atoms with van der Waals surface area (Å²) in [4.78, 5) is 38.0. The minimum absolute atomic E-state index is 0.0280. The van der Waals surface area contributed by atoms with Crippen LogP contribution in [0.4, 0.5) is 0 Å². The molecule has 7 heteroatoms. The lowest BCUT2D eigenvalue weighted by molar-refractivity contribution is 0.0675. The Kier molecular flexibility index (Phi) is 4.92. The number of rotatable bonds is 3. The van der Waals surface area contributed by atoms with E-state index in [2.05, 4.69) is 10.4 Å². The number of piperidine rings is 1. The molecule has 0 bridgehead atoms. The fraction of sp³-hybridized carbons (Fsp3) is 0.333. The third kappa shape index (κ3) is 3.93. The van der Waals surface area contributed by atoms with Gasteiger partial charge in [-0.2, -0.15) is 5.10 Å². The molecule has 1 aliphatic rings. The first-order valence-electron chi connectivity index (χ1n) is 8.24. The predicted octanol–water partition coefficient (Wildman–Crippen LogP) is 0.815. The van der Waals surface area contributed by atoms with E-state index < -0.39 is 0 Å². The molecular weight excluding hydrogens is 320 g/mol. The van der Waals surface area contributed by atoms with Crippen LogP contribution >= 0.6 is 0 Å². The molecule has 1 N–H and O–H groups in total. The molecule has 3 rings (SSSR count). The highest BCUT2D eigenvalue weighted by atomic mass is 16.2. The van der Waals surface area contributed by atoms with Crippen molar-refractivity contribution in [1.82, 2.24) is 20.0 Å². The number of aromatic nitrogens is 2. The molecule has 1 aromatic carbocycles. The molecule has 1 atom stereocenters. The average Bonchev–Trinajstić information content (AvgIpc) is 2.64. The van der Waals surface area contributed by atoms with Crippen molar-refractivity contribution in [3.05, 3.63) is 64.1 Å². The summed E-state index contributed by atoms with van der Waals surface area (Å²) < 4.78 is 1.13. The number of nitrogens with zero attached hydrogens (tertiary/aromatic N) is 3. The standard InChI is InChI=1S/C18H20N4O3/c1-21-16(23)10-9-15(20-21)17(24)19-14-8-5-11-22(12-14)18(25)13-6-3-2-4-7-13/h2-4,6-7,9-10,14H,5,8,11-12H2,1H3,(H,19,24). The topological polar surface area (TPSA) is 84.3 Å². The molecule has 7 nitrogen and oxygen atoms in total. The van der Waals surface area contributed by atoms with E-state index in [9.17, 15) is 14.4 Å². The minimum Gasteiger partial charge on any atom is -0.346 e. The van der Waals surface area contributed by atoms with Crippen molar-refractivity contribution in [1.29, 1.82) is 0 Å². The lowest BCUT2D eigenvalue weighted by Crippen LogP contribution is -2.49. The van der Waals surface area contributed by atoms with Crippen LogP contribution in [-0.4, -0.2) is 45.6 Å². The molecule has 2 aromatic rings. The van der Waals surface area contributed by atoms with Crippen LogP contribution in [0.25, 0.3) is 0 Å². The number of carbonyl (C=O) groups is 2. The molecular formula is C18H20N4O3. The van der Waals surface area contributed by atoms with Gasteiger partial charge in [0.05, 0.1) is 0 Å². The van der Waals surface area contributed by atoms with Crippen molar-refractivity contribution in [2.45, 2.75) is 18.9 Å². The fourth-order valence-electron chi connectivity index (χ4n) is 2.93. The molecule has 0 saturated carbocycles. The first-order chi connectivity index (χ1) is 12.0. The number of nitrogens with one attached hydrogen (secondary N) is 1. The van der Waals surface area contributed by atoms with E-state index in [1.54, 1.807) is 17.0 Å². The number of benzene rings is 1. The molecule has 0 aliphatic carbocycles. The van der Waals surface area contributed by atoms with Crippen LogP contribution in [0.15, 0.2) is 47.3 Å². The van der Waals surface area contributed by atoms with Gasteiger partial charge in [0.2, 0.25) is 0 Å². The van der Waals surface area contributed by atoms with E-state index in [1.165, 1.54) is 19.2 Å². The van der Waals surface area contributed by atoms with Crippen LogP contribution in [0.1, 0.15) is 33.7 Å². The fourth-order valence-corrected chi connectivity index (χ4v) is 2.93. The summed E-state index contributed by atoms with van der Waals surface area (Å²) in [6.45, 7) is 1.14. The maximum absolute atomic E-state index is 12.5. The van der Waals surface area contributed by atoms with E-state index in [4.69, 9.17) is 0 Å². The van der Waals surface area contributed by atoms with Crippen LogP contribution in [0.3, 0.4) is 0 Å². The highest BCUT2D eigenvalue weighted by Crippen LogP contribution is 2.14. The minimum atomic E-state index is -0.338. The summed E-state index contributed by atoms with van der Waals surface area (Å²) in [5.41, 5.74) is 0.566. The quantitative estimate of drug-likeness (QED) is 0.896. The van der Waals surface area contributed by atoms with E-state index in [0.29, 0.717) is 18.7 Å². The number of amides is 2. The molecule has 1 unspecified atom stereocenters.